The van der Waals surface area contributed by atoms with Crippen LogP contribution in [0.15, 0.2) is 27.4 Å². The fourth-order valence-electron chi connectivity index (χ4n) is 1.91. The van der Waals surface area contributed by atoms with Crippen LogP contribution in [0.5, 0.6) is 11.5 Å². The third kappa shape index (κ3) is 3.00. The Morgan fingerprint density at radius 3 is 2.65 bits per heavy atom. The fraction of sp³-hybridized carbons (Fsp3) is 0.231. The Labute approximate surface area is 130 Å². The van der Waals surface area contributed by atoms with E-state index in [1.165, 1.54) is 0 Å². The Morgan fingerprint density at radius 2 is 1.96 bits per heavy atom. The molecule has 0 unspecified atom stereocenters. The van der Waals surface area contributed by atoms with Gasteiger partial charge in [-0.1, -0.05) is 11.2 Å². The summed E-state index contributed by atoms with van der Waals surface area (Å²) in [5.41, 5.74) is 6.75. The smallest absolute Gasteiger partial charge is 0.322 e. The molecule has 0 aliphatic rings. The molecule has 3 rings (SSSR count). The molecule has 0 spiro atoms. The zero-order valence-electron chi connectivity index (χ0n) is 12.4. The molecule has 0 aliphatic heterocycles. The van der Waals surface area contributed by atoms with Crippen molar-refractivity contribution in [2.75, 3.05) is 25.3 Å². The number of nitrogens with two attached hydrogens (primary N) is 1. The predicted molar refractivity (Wildman–Crippen MR) is 78.9 cm³/mol. The summed E-state index contributed by atoms with van der Waals surface area (Å²) in [7, 11) is 3.16. The normalized spacial score (nSPS) is 10.5. The maximum absolute atomic E-state index is 5.57. The van der Waals surface area contributed by atoms with Crippen LogP contribution in [-0.4, -0.2) is 34.7 Å². The van der Waals surface area contributed by atoms with Crippen LogP contribution in [0.3, 0.4) is 0 Å². The maximum atomic E-state index is 5.57. The third-order valence-corrected chi connectivity index (χ3v) is 3.04. The first kappa shape index (κ1) is 14.6. The summed E-state index contributed by atoms with van der Waals surface area (Å²) in [4.78, 5) is 4.12. The van der Waals surface area contributed by atoms with E-state index in [1.54, 1.807) is 14.2 Å². The molecule has 0 aliphatic carbocycles. The topological polar surface area (TPSA) is 134 Å². The van der Waals surface area contributed by atoms with Gasteiger partial charge in [0.25, 0.3) is 0 Å². The second-order valence-corrected chi connectivity index (χ2v) is 4.46. The number of anilines is 2. The van der Waals surface area contributed by atoms with Crippen molar-refractivity contribution < 1.29 is 18.6 Å². The highest BCUT2D eigenvalue weighted by atomic mass is 16.6. The van der Waals surface area contributed by atoms with E-state index < -0.39 is 0 Å². The van der Waals surface area contributed by atoms with Gasteiger partial charge in [-0.3, -0.25) is 0 Å². The number of rotatable bonds is 6. The second kappa shape index (κ2) is 6.22. The van der Waals surface area contributed by atoms with Gasteiger partial charge in [-0.15, -0.1) is 0 Å². The quantitative estimate of drug-likeness (QED) is 0.685. The minimum Gasteiger partial charge on any atom is -0.493 e. The number of aromatic nitrogens is 4. The monoisotopic (exact) mass is 318 g/mol. The number of nitrogens with zero attached hydrogens (tertiary/aromatic N) is 4. The first-order valence-corrected chi connectivity index (χ1v) is 6.58. The number of hydrogen-bond acceptors (Lipinski definition) is 10. The lowest BCUT2D eigenvalue weighted by atomic mass is 10.2. The van der Waals surface area contributed by atoms with Crippen molar-refractivity contribution in [3.63, 3.8) is 0 Å². The molecule has 23 heavy (non-hydrogen) atoms. The lowest BCUT2D eigenvalue weighted by Gasteiger charge is -2.09. The molecule has 10 nitrogen and oxygen atoms in total. The van der Waals surface area contributed by atoms with Crippen LogP contribution in [0.2, 0.25) is 0 Å². The molecule has 1 aromatic carbocycles. The minimum atomic E-state index is 0.0947. The largest absolute Gasteiger partial charge is 0.493 e. The Kier molecular flexibility index (Phi) is 3.95. The zero-order valence-corrected chi connectivity index (χ0v) is 12.4. The molecule has 0 atom stereocenters. The molecular formula is C13H14N6O4. The van der Waals surface area contributed by atoms with Crippen LogP contribution in [0.4, 0.5) is 11.8 Å². The minimum absolute atomic E-state index is 0.0947. The van der Waals surface area contributed by atoms with E-state index in [-0.39, 0.29) is 23.4 Å². The zero-order chi connectivity index (χ0) is 16.2. The third-order valence-electron chi connectivity index (χ3n) is 3.04. The molecule has 3 aromatic rings. The van der Waals surface area contributed by atoms with Gasteiger partial charge in [0.15, 0.2) is 23.0 Å². The summed E-state index contributed by atoms with van der Waals surface area (Å²) >= 11 is 0. The van der Waals surface area contributed by atoms with Crippen LogP contribution >= 0.6 is 0 Å². The molecule has 120 valence electrons. The van der Waals surface area contributed by atoms with E-state index in [0.717, 1.165) is 5.56 Å². The van der Waals surface area contributed by atoms with Gasteiger partial charge in [-0.25, -0.2) is 4.63 Å². The van der Waals surface area contributed by atoms with E-state index >= 15 is 0 Å². The van der Waals surface area contributed by atoms with Crippen LogP contribution in [-0.2, 0) is 6.54 Å². The highest BCUT2D eigenvalue weighted by molar-refractivity contribution is 5.62. The highest BCUT2D eigenvalue weighted by Gasteiger charge is 2.16. The number of ether oxygens (including phenoxy) is 2. The van der Waals surface area contributed by atoms with Crippen LogP contribution in [0, 0.1) is 0 Å². The van der Waals surface area contributed by atoms with Gasteiger partial charge < -0.3 is 25.0 Å². The Morgan fingerprint density at radius 1 is 1.13 bits per heavy atom. The van der Waals surface area contributed by atoms with Gasteiger partial charge in [0, 0.05) is 6.54 Å². The molecule has 0 saturated carbocycles. The van der Waals surface area contributed by atoms with E-state index in [9.17, 15) is 0 Å². The lowest BCUT2D eigenvalue weighted by Crippen LogP contribution is -2.01. The van der Waals surface area contributed by atoms with Crippen molar-refractivity contribution in [3.8, 4) is 23.0 Å². The molecule has 0 fully saturated rings. The summed E-state index contributed by atoms with van der Waals surface area (Å²) in [6, 6.07) is 5.78. The lowest BCUT2D eigenvalue weighted by molar-refractivity contribution is 0.310. The Bertz CT molecular complexity index is 799. The van der Waals surface area contributed by atoms with Gasteiger partial charge in [0.1, 0.15) is 0 Å². The molecular weight excluding hydrogens is 304 g/mol. The van der Waals surface area contributed by atoms with Gasteiger partial charge in [0.2, 0.25) is 5.82 Å². The van der Waals surface area contributed by atoms with E-state index in [0.29, 0.717) is 18.0 Å². The first-order valence-electron chi connectivity index (χ1n) is 6.58. The van der Waals surface area contributed by atoms with E-state index in [4.69, 9.17) is 19.7 Å². The summed E-state index contributed by atoms with van der Waals surface area (Å²) in [6.07, 6.45) is 0. The molecule has 0 bridgehead atoms. The van der Waals surface area contributed by atoms with Gasteiger partial charge in [-0.2, -0.15) is 4.98 Å². The molecule has 0 radical (unpaired) electrons. The molecule has 2 heterocycles. The highest BCUT2D eigenvalue weighted by Crippen LogP contribution is 2.28. The predicted octanol–water partition coefficient (Wildman–Crippen LogP) is 1.33. The van der Waals surface area contributed by atoms with Gasteiger partial charge in [-0.05, 0) is 28.0 Å². The van der Waals surface area contributed by atoms with Gasteiger partial charge >= 0.3 is 6.01 Å². The molecule has 0 amide bonds. The summed E-state index contributed by atoms with van der Waals surface area (Å²) in [5.74, 6) is 1.58. The van der Waals surface area contributed by atoms with Crippen molar-refractivity contribution >= 4 is 11.8 Å². The van der Waals surface area contributed by atoms with Crippen LogP contribution in [0.1, 0.15) is 5.56 Å². The maximum Gasteiger partial charge on any atom is 0.322 e. The van der Waals surface area contributed by atoms with E-state index in [1.807, 2.05) is 18.2 Å². The molecule has 10 heteroatoms. The number of methoxy groups -OCH3 is 2. The average Bonchev–Trinajstić information content (AvgIpc) is 3.21. The number of nitrogens with one attached hydrogen (secondary N) is 1. The Hall–Kier alpha value is -3.30. The van der Waals surface area contributed by atoms with Crippen molar-refractivity contribution in [2.45, 2.75) is 6.54 Å². The molecule has 0 saturated heterocycles. The SMILES string of the molecule is COc1ccc(CNc2nc(-c3nonc3N)no2)cc1OC. The number of nitrogen functional groups attached to an aromatic ring is 1. The van der Waals surface area contributed by atoms with Gasteiger partial charge in [0.05, 0.1) is 14.2 Å². The second-order valence-electron chi connectivity index (χ2n) is 4.46. The van der Waals surface area contributed by atoms with Crippen molar-refractivity contribution in [1.29, 1.82) is 0 Å². The van der Waals surface area contributed by atoms with Crippen LogP contribution in [0.25, 0.3) is 11.5 Å². The van der Waals surface area contributed by atoms with Crippen molar-refractivity contribution in [2.24, 2.45) is 0 Å². The van der Waals surface area contributed by atoms with Crippen molar-refractivity contribution in [3.05, 3.63) is 23.8 Å². The summed E-state index contributed by atoms with van der Waals surface area (Å²) in [6.45, 7) is 0.453. The first-order chi connectivity index (χ1) is 11.2. The van der Waals surface area contributed by atoms with Crippen LogP contribution < -0.4 is 20.5 Å². The number of hydrogen-bond donors (Lipinski definition) is 2. The standard InChI is InChI=1S/C13H14N6O4/c1-20-8-4-3-7(5-9(8)21-2)6-15-13-16-12(19-22-13)10-11(14)18-23-17-10/h3-5H,6H2,1-2H3,(H2,14,18)(H,15,16,19). The number of benzene rings is 1. The summed E-state index contributed by atoms with van der Waals surface area (Å²) < 4.78 is 20.0. The average molecular weight is 318 g/mol. The van der Waals surface area contributed by atoms with Crippen molar-refractivity contribution in [1.82, 2.24) is 20.5 Å². The van der Waals surface area contributed by atoms with E-state index in [2.05, 4.69) is 30.4 Å². The summed E-state index contributed by atoms with van der Waals surface area (Å²) in [5, 5.41) is 13.8. The molecule has 2 aromatic heterocycles. The molecule has 3 N–H and O–H groups in total. The fourth-order valence-corrected chi connectivity index (χ4v) is 1.91. The Balaban J connectivity index is 1.69.